The molecule has 2 aliphatic heterocycles. The number of rotatable bonds is 12. The Morgan fingerprint density at radius 3 is 2.62 bits per heavy atom. The van der Waals surface area contributed by atoms with E-state index in [-0.39, 0.29) is 47.0 Å². The maximum Gasteiger partial charge on any atom is 0.277 e. The fourth-order valence-corrected chi connectivity index (χ4v) is 9.50. The van der Waals surface area contributed by atoms with Crippen LogP contribution in [0.4, 0.5) is 11.4 Å². The van der Waals surface area contributed by atoms with Gasteiger partial charge in [-0.05, 0) is 78.6 Å². The van der Waals surface area contributed by atoms with E-state index in [1.165, 1.54) is 42.1 Å². The number of carbonyl (C=O) groups excluding carboxylic acids is 1. The molecule has 1 aliphatic carbocycles. The largest absolute Gasteiger partial charge is 0.493 e. The summed E-state index contributed by atoms with van der Waals surface area (Å²) < 4.78 is 46.9. The van der Waals surface area contributed by atoms with Crippen LogP contribution in [0.5, 0.6) is 17.2 Å². The number of benzene rings is 3. The van der Waals surface area contributed by atoms with Gasteiger partial charge in [-0.3, -0.25) is 19.8 Å². The number of H-pyrrole nitrogens is 1. The normalized spacial score (nSPS) is 18.2. The van der Waals surface area contributed by atoms with Crippen LogP contribution >= 0.6 is 11.6 Å². The zero-order chi connectivity index (χ0) is 42.2. The average molecular weight is 855 g/mol. The van der Waals surface area contributed by atoms with E-state index in [1.807, 2.05) is 18.2 Å². The third-order valence-electron chi connectivity index (χ3n) is 11.6. The minimum absolute atomic E-state index is 0.0527. The lowest BCUT2D eigenvalue weighted by molar-refractivity contribution is -0.386. The molecule has 0 unspecified atom stereocenters. The zero-order valence-electron chi connectivity index (χ0n) is 33.7. The molecule has 4 heterocycles. The van der Waals surface area contributed by atoms with E-state index >= 15 is 0 Å². The van der Waals surface area contributed by atoms with E-state index in [1.54, 1.807) is 24.4 Å². The van der Waals surface area contributed by atoms with Crippen molar-refractivity contribution in [3.05, 3.63) is 117 Å². The highest BCUT2D eigenvalue weighted by Crippen LogP contribution is 2.44. The number of nitro benzene ring substituents is 1. The number of halogens is 1. The number of hydrogen-bond donors (Lipinski definition) is 2. The molecule has 5 aromatic rings. The zero-order valence-corrected chi connectivity index (χ0v) is 35.3. The van der Waals surface area contributed by atoms with E-state index in [9.17, 15) is 23.3 Å². The minimum atomic E-state index is -4.62. The smallest absolute Gasteiger partial charge is 0.277 e. The highest BCUT2D eigenvalue weighted by molar-refractivity contribution is 7.90. The van der Waals surface area contributed by atoms with Gasteiger partial charge in [-0.2, -0.15) is 0 Å². The van der Waals surface area contributed by atoms with Gasteiger partial charge in [-0.15, -0.1) is 0 Å². The van der Waals surface area contributed by atoms with Crippen molar-refractivity contribution < 1.29 is 32.3 Å². The van der Waals surface area contributed by atoms with Crippen molar-refractivity contribution >= 4 is 55.5 Å². The molecular weight excluding hydrogens is 808 g/mol. The number of amides is 1. The van der Waals surface area contributed by atoms with Gasteiger partial charge in [0.25, 0.3) is 21.6 Å². The van der Waals surface area contributed by atoms with Crippen molar-refractivity contribution in [1.29, 1.82) is 0 Å². The number of methoxy groups -OCH3 is 1. The topological polar surface area (TPSA) is 169 Å². The van der Waals surface area contributed by atoms with Gasteiger partial charge < -0.3 is 24.1 Å². The molecule has 3 aromatic carbocycles. The molecule has 60 heavy (non-hydrogen) atoms. The van der Waals surface area contributed by atoms with Crippen LogP contribution < -0.4 is 19.1 Å². The second-order valence-corrected chi connectivity index (χ2v) is 18.6. The fraction of sp³-hybridized carbons (Fsp3) is 0.364. The van der Waals surface area contributed by atoms with Crippen molar-refractivity contribution in [2.24, 2.45) is 11.3 Å². The van der Waals surface area contributed by atoms with Crippen molar-refractivity contribution in [1.82, 2.24) is 19.6 Å². The highest BCUT2D eigenvalue weighted by atomic mass is 35.5. The summed E-state index contributed by atoms with van der Waals surface area (Å²) in [7, 11) is -3.09. The predicted molar refractivity (Wildman–Crippen MR) is 230 cm³/mol. The second-order valence-electron chi connectivity index (χ2n) is 16.5. The number of nitrogens with zero attached hydrogens (tertiary/aromatic N) is 4. The predicted octanol–water partition coefficient (Wildman–Crippen LogP) is 8.02. The quantitative estimate of drug-likeness (QED) is 0.0921. The maximum atomic E-state index is 13.9. The molecule has 0 radical (unpaired) electrons. The second kappa shape index (κ2) is 16.9. The first kappa shape index (κ1) is 41.3. The molecule has 8 rings (SSSR count). The number of aromatic amines is 1. The van der Waals surface area contributed by atoms with Crippen molar-refractivity contribution in [2.75, 3.05) is 57.9 Å². The van der Waals surface area contributed by atoms with Gasteiger partial charge in [-0.1, -0.05) is 43.2 Å². The summed E-state index contributed by atoms with van der Waals surface area (Å²) in [5.41, 5.74) is 5.59. The lowest BCUT2D eigenvalue weighted by Crippen LogP contribution is -2.47. The van der Waals surface area contributed by atoms with Gasteiger partial charge >= 0.3 is 0 Å². The third kappa shape index (κ3) is 8.99. The number of fused-ring (bicyclic) bond motifs is 2. The average Bonchev–Trinajstić information content (AvgIpc) is 3.70. The molecule has 1 saturated heterocycles. The summed E-state index contributed by atoms with van der Waals surface area (Å²) in [6.45, 7) is 9.13. The first-order valence-corrected chi connectivity index (χ1v) is 21.8. The van der Waals surface area contributed by atoms with Crippen molar-refractivity contribution in [2.45, 2.75) is 44.4 Å². The molecule has 0 bridgehead atoms. The highest BCUT2D eigenvalue weighted by Gasteiger charge is 2.33. The number of allylic oxidation sites excluding steroid dienone is 1. The first-order chi connectivity index (χ1) is 28.7. The van der Waals surface area contributed by atoms with Crippen LogP contribution in [0.15, 0.2) is 89.6 Å². The fourth-order valence-electron chi connectivity index (χ4n) is 8.37. The number of hydrogen-bond acceptors (Lipinski definition) is 11. The molecule has 2 N–H and O–H groups in total. The number of carbonyl (C=O) groups is 1. The van der Waals surface area contributed by atoms with Gasteiger partial charge in [-0.25, -0.2) is 18.1 Å². The number of pyridine rings is 1. The van der Waals surface area contributed by atoms with E-state index in [0.717, 1.165) is 74.1 Å². The number of sulfonamides is 1. The van der Waals surface area contributed by atoms with Crippen LogP contribution in [0.25, 0.3) is 16.6 Å². The maximum absolute atomic E-state index is 13.9. The van der Waals surface area contributed by atoms with Gasteiger partial charge in [0.05, 0.1) is 40.4 Å². The molecule has 0 saturated carbocycles. The Labute approximate surface area is 353 Å². The molecule has 1 atom stereocenters. The minimum Gasteiger partial charge on any atom is -0.493 e. The Bertz CT molecular complexity index is 2580. The summed E-state index contributed by atoms with van der Waals surface area (Å²) >= 11 is 6.24. The Morgan fingerprint density at radius 2 is 1.87 bits per heavy atom. The monoisotopic (exact) mass is 854 g/mol. The number of anilines is 1. The Morgan fingerprint density at radius 1 is 1.08 bits per heavy atom. The third-order valence-corrected chi connectivity index (χ3v) is 13.2. The van der Waals surface area contributed by atoms with E-state index in [2.05, 4.69) is 50.5 Å². The SMILES string of the molecule is COC[C@@H]1COc2cc(S(=O)(=O)NC(=O)c3ccc(N4CCN(CC5=C(c6ccc(Cl)cc6)CC(C)(C)CC5)CC4)cc3Oc3cnc4[nH]ccc4c3)cc([N+](=O)[O-])c2C1. The summed E-state index contributed by atoms with van der Waals surface area (Å²) in [4.78, 5) is 37.1. The van der Waals surface area contributed by atoms with Crippen LogP contribution in [0, 0.1) is 21.4 Å². The molecule has 16 heteroatoms. The van der Waals surface area contributed by atoms with Gasteiger partial charge in [0.1, 0.15) is 22.9 Å². The van der Waals surface area contributed by atoms with Gasteiger partial charge in [0, 0.05) is 86.2 Å². The Kier molecular flexibility index (Phi) is 11.6. The molecule has 1 fully saturated rings. The van der Waals surface area contributed by atoms with E-state index in [0.29, 0.717) is 18.0 Å². The van der Waals surface area contributed by atoms with Crippen LogP contribution in [0.3, 0.4) is 0 Å². The number of nitro groups is 1. The van der Waals surface area contributed by atoms with Crippen molar-refractivity contribution in [3.8, 4) is 17.2 Å². The molecule has 2 aromatic heterocycles. The standard InChI is InChI=1S/C44H47ClN6O8S/c1-44(2)12-10-31(38(23-44)29-4-6-32(45)7-5-29)25-49-14-16-50(17-15-49)33-8-9-36(41(20-33)59-34-19-30-11-13-46-42(30)47-24-34)43(52)48-60(55,56)35-21-39(51(53)54)37-18-28(26-57-3)27-58-40(37)22-35/h4-9,11,13,19-22,24,28H,10,12,14-18,23,25-27H2,1-3H3,(H,46,47)(H,48,52)/t28-/m1/s1. The lowest BCUT2D eigenvalue weighted by atomic mass is 9.72. The summed E-state index contributed by atoms with van der Waals surface area (Å²) in [6, 6.07) is 19.0. The molecule has 0 spiro atoms. The van der Waals surface area contributed by atoms with Crippen LogP contribution in [-0.4, -0.2) is 87.2 Å². The molecule has 14 nitrogen and oxygen atoms in total. The number of aromatic nitrogens is 2. The summed E-state index contributed by atoms with van der Waals surface area (Å²) in [5.74, 6) is -0.574. The Balaban J connectivity index is 1.03. The van der Waals surface area contributed by atoms with Crippen LogP contribution in [0.1, 0.15) is 54.6 Å². The molecule has 1 amide bonds. The van der Waals surface area contributed by atoms with Gasteiger partial charge in [0.15, 0.2) is 0 Å². The first-order valence-electron chi connectivity index (χ1n) is 19.9. The van der Waals surface area contributed by atoms with Crippen LogP contribution in [0.2, 0.25) is 5.02 Å². The summed E-state index contributed by atoms with van der Waals surface area (Å²) in [6.07, 6.45) is 6.74. The molecule has 3 aliphatic rings. The molecule has 314 valence electrons. The lowest BCUT2D eigenvalue weighted by Gasteiger charge is -2.39. The van der Waals surface area contributed by atoms with Crippen molar-refractivity contribution in [3.63, 3.8) is 0 Å². The number of piperazine rings is 1. The summed E-state index contributed by atoms with van der Waals surface area (Å²) in [5, 5.41) is 13.6. The van der Waals surface area contributed by atoms with E-state index < -0.39 is 31.4 Å². The molecular formula is C44H47ClN6O8S. The number of nitrogens with one attached hydrogen (secondary N) is 2. The Hall–Kier alpha value is -5.48. The van der Waals surface area contributed by atoms with E-state index in [4.69, 9.17) is 25.8 Å². The van der Waals surface area contributed by atoms with Gasteiger partial charge in [0.2, 0.25) is 0 Å². The number of ether oxygens (including phenoxy) is 3. The van der Waals surface area contributed by atoms with Crippen LogP contribution in [-0.2, 0) is 21.2 Å².